The molecule has 1 fully saturated rings. The van der Waals surface area contributed by atoms with E-state index in [4.69, 9.17) is 4.98 Å². The predicted molar refractivity (Wildman–Crippen MR) is 115 cm³/mol. The summed E-state index contributed by atoms with van der Waals surface area (Å²) < 4.78 is 0. The minimum atomic E-state index is -0.0251. The topological polar surface area (TPSA) is 58.1 Å². The van der Waals surface area contributed by atoms with Crippen molar-refractivity contribution >= 4 is 11.7 Å². The molecule has 1 N–H and O–H groups in total. The molecule has 1 amide bonds. The van der Waals surface area contributed by atoms with Gasteiger partial charge in [0.15, 0.2) is 5.82 Å². The number of hydrogen-bond donors (Lipinski definition) is 1. The van der Waals surface area contributed by atoms with Crippen molar-refractivity contribution in [1.82, 2.24) is 15.3 Å². The third-order valence-electron chi connectivity index (χ3n) is 5.50. The van der Waals surface area contributed by atoms with E-state index in [-0.39, 0.29) is 11.8 Å². The van der Waals surface area contributed by atoms with Gasteiger partial charge in [-0.3, -0.25) is 4.79 Å². The molecule has 1 aromatic heterocycles. The molecule has 2 aromatic carbocycles. The van der Waals surface area contributed by atoms with Crippen LogP contribution in [0.2, 0.25) is 0 Å². The molecule has 1 aliphatic heterocycles. The Hall–Kier alpha value is -3.21. The molecule has 0 unspecified atom stereocenters. The van der Waals surface area contributed by atoms with Gasteiger partial charge >= 0.3 is 0 Å². The number of carbonyl (C=O) groups is 1. The number of hydrogen-bond acceptors (Lipinski definition) is 4. The van der Waals surface area contributed by atoms with Gasteiger partial charge in [-0.05, 0) is 37.0 Å². The van der Waals surface area contributed by atoms with Crippen molar-refractivity contribution in [3.05, 3.63) is 78.0 Å². The van der Waals surface area contributed by atoms with Gasteiger partial charge in [-0.2, -0.15) is 0 Å². The Morgan fingerprint density at radius 1 is 1.10 bits per heavy atom. The van der Waals surface area contributed by atoms with Gasteiger partial charge in [0.1, 0.15) is 5.82 Å². The van der Waals surface area contributed by atoms with Gasteiger partial charge in [0.2, 0.25) is 5.91 Å². The molecule has 5 heteroatoms. The van der Waals surface area contributed by atoms with Crippen LogP contribution in [0.3, 0.4) is 0 Å². The lowest BCUT2D eigenvalue weighted by atomic mass is 9.97. The summed E-state index contributed by atoms with van der Waals surface area (Å²) in [7, 11) is 0. The SMILES string of the molecule is Cc1ccccc1CNC(=O)[C@H]1CCCN(c2ccnc(-c3ccccc3)n2)C1. The fourth-order valence-corrected chi connectivity index (χ4v) is 3.79. The maximum atomic E-state index is 12.8. The Kier molecular flexibility index (Phi) is 5.84. The molecule has 1 saturated heterocycles. The van der Waals surface area contributed by atoms with Gasteiger partial charge in [0.25, 0.3) is 0 Å². The summed E-state index contributed by atoms with van der Waals surface area (Å²) in [5, 5.41) is 3.12. The zero-order chi connectivity index (χ0) is 20.1. The zero-order valence-electron chi connectivity index (χ0n) is 16.7. The van der Waals surface area contributed by atoms with Crippen molar-refractivity contribution in [3.63, 3.8) is 0 Å². The Morgan fingerprint density at radius 2 is 1.90 bits per heavy atom. The number of rotatable bonds is 5. The van der Waals surface area contributed by atoms with Gasteiger partial charge in [-0.25, -0.2) is 9.97 Å². The maximum Gasteiger partial charge on any atom is 0.225 e. The number of nitrogens with one attached hydrogen (secondary N) is 1. The molecule has 1 atom stereocenters. The second kappa shape index (κ2) is 8.86. The number of aryl methyl sites for hydroxylation is 1. The Morgan fingerprint density at radius 3 is 2.72 bits per heavy atom. The Labute approximate surface area is 171 Å². The molecule has 2 heterocycles. The monoisotopic (exact) mass is 386 g/mol. The summed E-state index contributed by atoms with van der Waals surface area (Å²) in [4.78, 5) is 24.1. The first kappa shape index (κ1) is 19.1. The van der Waals surface area contributed by atoms with Gasteiger partial charge in [-0.1, -0.05) is 54.6 Å². The molecule has 4 rings (SSSR count). The highest BCUT2D eigenvalue weighted by Gasteiger charge is 2.26. The predicted octanol–water partition coefficient (Wildman–Crippen LogP) is 3.98. The number of piperidine rings is 1. The third-order valence-corrected chi connectivity index (χ3v) is 5.50. The van der Waals surface area contributed by atoms with Gasteiger partial charge < -0.3 is 10.2 Å². The summed E-state index contributed by atoms with van der Waals surface area (Å²) in [5.41, 5.74) is 3.36. The molecule has 1 aliphatic rings. The largest absolute Gasteiger partial charge is 0.356 e. The quantitative estimate of drug-likeness (QED) is 0.720. The summed E-state index contributed by atoms with van der Waals surface area (Å²) in [5.74, 6) is 1.70. The normalized spacial score (nSPS) is 16.4. The molecule has 3 aromatic rings. The summed E-state index contributed by atoms with van der Waals surface area (Å²) >= 11 is 0. The van der Waals surface area contributed by atoms with E-state index < -0.39 is 0 Å². The lowest BCUT2D eigenvalue weighted by Gasteiger charge is -2.33. The zero-order valence-corrected chi connectivity index (χ0v) is 16.7. The van der Waals surface area contributed by atoms with Crippen LogP contribution in [0.25, 0.3) is 11.4 Å². The number of amides is 1. The highest BCUT2D eigenvalue weighted by atomic mass is 16.1. The lowest BCUT2D eigenvalue weighted by molar-refractivity contribution is -0.125. The minimum Gasteiger partial charge on any atom is -0.356 e. The first-order chi connectivity index (χ1) is 14.2. The number of anilines is 1. The first-order valence-corrected chi connectivity index (χ1v) is 10.2. The summed E-state index contributed by atoms with van der Waals surface area (Å²) in [6, 6.07) is 20.1. The van der Waals surface area contributed by atoms with Gasteiger partial charge in [0, 0.05) is 31.4 Å². The molecule has 0 saturated carbocycles. The molecule has 0 spiro atoms. The number of aromatic nitrogens is 2. The van der Waals surface area contributed by atoms with Crippen LogP contribution in [0.5, 0.6) is 0 Å². The molecule has 5 nitrogen and oxygen atoms in total. The fourth-order valence-electron chi connectivity index (χ4n) is 3.79. The molecular weight excluding hydrogens is 360 g/mol. The molecule has 29 heavy (non-hydrogen) atoms. The average Bonchev–Trinajstić information content (AvgIpc) is 2.79. The minimum absolute atomic E-state index is 0.0251. The molecule has 148 valence electrons. The van der Waals surface area contributed by atoms with E-state index in [0.29, 0.717) is 18.9 Å². The highest BCUT2D eigenvalue weighted by molar-refractivity contribution is 5.79. The van der Waals surface area contributed by atoms with Crippen LogP contribution in [0.1, 0.15) is 24.0 Å². The van der Waals surface area contributed by atoms with E-state index >= 15 is 0 Å². The van der Waals surface area contributed by atoms with Gasteiger partial charge in [0.05, 0.1) is 5.92 Å². The smallest absolute Gasteiger partial charge is 0.225 e. The molecule has 0 bridgehead atoms. The van der Waals surface area contributed by atoms with Crippen LogP contribution >= 0.6 is 0 Å². The van der Waals surface area contributed by atoms with E-state index in [9.17, 15) is 4.79 Å². The van der Waals surface area contributed by atoms with Crippen LogP contribution < -0.4 is 10.2 Å². The number of carbonyl (C=O) groups excluding carboxylic acids is 1. The van der Waals surface area contributed by atoms with Gasteiger partial charge in [-0.15, -0.1) is 0 Å². The number of nitrogens with zero attached hydrogens (tertiary/aromatic N) is 3. The second-order valence-electron chi connectivity index (χ2n) is 7.53. The van der Waals surface area contributed by atoms with Crippen molar-refractivity contribution in [1.29, 1.82) is 0 Å². The van der Waals surface area contributed by atoms with Crippen molar-refractivity contribution in [3.8, 4) is 11.4 Å². The maximum absolute atomic E-state index is 12.8. The fraction of sp³-hybridized carbons (Fsp3) is 0.292. The molecule has 0 radical (unpaired) electrons. The Balaban J connectivity index is 1.42. The molecule has 0 aliphatic carbocycles. The van der Waals surface area contributed by atoms with E-state index in [1.54, 1.807) is 6.20 Å². The van der Waals surface area contributed by atoms with E-state index in [0.717, 1.165) is 36.3 Å². The first-order valence-electron chi connectivity index (χ1n) is 10.2. The average molecular weight is 386 g/mol. The standard InChI is InChI=1S/C24H26N4O/c1-18-8-5-6-11-20(18)16-26-24(29)21-12-7-15-28(17-21)22-13-14-25-23(27-22)19-9-3-2-4-10-19/h2-6,8-11,13-14,21H,7,12,15-17H2,1H3,(H,26,29)/t21-/m0/s1. The number of benzene rings is 2. The van der Waals surface area contributed by atoms with E-state index in [1.165, 1.54) is 5.56 Å². The van der Waals surface area contributed by atoms with Crippen LogP contribution in [-0.2, 0) is 11.3 Å². The van der Waals surface area contributed by atoms with Crippen molar-refractivity contribution in [2.75, 3.05) is 18.0 Å². The lowest BCUT2D eigenvalue weighted by Crippen LogP contribution is -2.43. The highest BCUT2D eigenvalue weighted by Crippen LogP contribution is 2.24. The van der Waals surface area contributed by atoms with Crippen molar-refractivity contribution in [2.24, 2.45) is 5.92 Å². The Bertz CT molecular complexity index is 973. The van der Waals surface area contributed by atoms with Crippen LogP contribution in [0.15, 0.2) is 66.9 Å². The van der Waals surface area contributed by atoms with E-state index in [1.807, 2.05) is 48.5 Å². The van der Waals surface area contributed by atoms with Crippen molar-refractivity contribution < 1.29 is 4.79 Å². The molecular formula is C24H26N4O. The second-order valence-corrected chi connectivity index (χ2v) is 7.53. The van der Waals surface area contributed by atoms with Crippen molar-refractivity contribution in [2.45, 2.75) is 26.3 Å². The summed E-state index contributed by atoms with van der Waals surface area (Å²) in [6.07, 6.45) is 3.69. The van der Waals surface area contributed by atoms with Crippen LogP contribution in [-0.4, -0.2) is 29.0 Å². The van der Waals surface area contributed by atoms with Crippen LogP contribution in [0.4, 0.5) is 5.82 Å². The summed E-state index contributed by atoms with van der Waals surface area (Å²) in [6.45, 7) is 4.24. The van der Waals surface area contributed by atoms with E-state index in [2.05, 4.69) is 34.3 Å². The third kappa shape index (κ3) is 4.62. The van der Waals surface area contributed by atoms with Crippen LogP contribution in [0, 0.1) is 12.8 Å².